The summed E-state index contributed by atoms with van der Waals surface area (Å²) in [6.07, 6.45) is 12.4. The predicted octanol–water partition coefficient (Wildman–Crippen LogP) is 8.15. The first kappa shape index (κ1) is 28.0. The minimum absolute atomic E-state index is 0.249. The average Bonchev–Trinajstić information content (AvgIpc) is 2.91. The van der Waals surface area contributed by atoms with Gasteiger partial charge in [0, 0.05) is 19.6 Å². The normalized spacial score (nSPS) is 14.2. The van der Waals surface area contributed by atoms with Gasteiger partial charge >= 0.3 is 6.09 Å². The summed E-state index contributed by atoms with van der Waals surface area (Å²) in [5, 5.41) is 0. The lowest BCUT2D eigenvalue weighted by Crippen LogP contribution is -2.43. The van der Waals surface area contributed by atoms with Gasteiger partial charge in [-0.15, -0.1) is 0 Å². The van der Waals surface area contributed by atoms with E-state index >= 15 is 0 Å². The van der Waals surface area contributed by atoms with Gasteiger partial charge in [-0.3, -0.25) is 0 Å². The highest BCUT2D eigenvalue weighted by Gasteiger charge is 2.25. The first-order valence-corrected chi connectivity index (χ1v) is 14.2. The maximum Gasteiger partial charge on any atom is 0.415 e. The maximum absolute atomic E-state index is 12.7. The van der Waals surface area contributed by atoms with E-state index in [0.717, 1.165) is 37.4 Å². The van der Waals surface area contributed by atoms with E-state index in [9.17, 15) is 4.79 Å². The zero-order valence-electron chi connectivity index (χ0n) is 22.5. The molecule has 5 nitrogen and oxygen atoms in total. The lowest BCUT2D eigenvalue weighted by molar-refractivity contribution is 0.117. The van der Waals surface area contributed by atoms with Crippen LogP contribution in [0.3, 0.4) is 0 Å². The Labute approximate surface area is 218 Å². The Morgan fingerprint density at radius 1 is 0.778 bits per heavy atom. The summed E-state index contributed by atoms with van der Waals surface area (Å²) < 4.78 is 11.5. The molecule has 0 spiro atoms. The number of hydrogen-bond acceptors (Lipinski definition) is 4. The molecular formula is C31H46N2O3. The van der Waals surface area contributed by atoms with Gasteiger partial charge in [-0.1, -0.05) is 70.6 Å². The molecule has 1 aliphatic heterocycles. The van der Waals surface area contributed by atoms with Crippen LogP contribution in [0.4, 0.5) is 4.79 Å². The van der Waals surface area contributed by atoms with Crippen molar-refractivity contribution in [2.24, 2.45) is 5.92 Å². The summed E-state index contributed by atoms with van der Waals surface area (Å²) in [7, 11) is 0. The first-order chi connectivity index (χ1) is 17.7. The second kappa shape index (κ2) is 16.3. The molecule has 2 aromatic carbocycles. The van der Waals surface area contributed by atoms with Crippen molar-refractivity contribution < 1.29 is 14.3 Å². The Morgan fingerprint density at radius 2 is 1.33 bits per heavy atom. The van der Waals surface area contributed by atoms with E-state index in [4.69, 9.17) is 9.47 Å². The largest absolute Gasteiger partial charge is 0.457 e. The Morgan fingerprint density at radius 3 is 1.92 bits per heavy atom. The topological polar surface area (TPSA) is 42.0 Å². The van der Waals surface area contributed by atoms with Gasteiger partial charge in [0.25, 0.3) is 0 Å². The third-order valence-corrected chi connectivity index (χ3v) is 7.05. The fourth-order valence-electron chi connectivity index (χ4n) is 4.85. The molecule has 0 bridgehead atoms. The molecule has 1 heterocycles. The number of carbonyl (C=O) groups excluding carboxylic acids is 1. The third kappa shape index (κ3) is 10.2. The second-order valence-corrected chi connectivity index (χ2v) is 10.1. The summed E-state index contributed by atoms with van der Waals surface area (Å²) >= 11 is 0. The summed E-state index contributed by atoms with van der Waals surface area (Å²) in [4.78, 5) is 17.3. The zero-order chi connectivity index (χ0) is 25.4. The molecule has 36 heavy (non-hydrogen) atoms. The van der Waals surface area contributed by atoms with Crippen LogP contribution < -0.4 is 9.47 Å². The highest BCUT2D eigenvalue weighted by Crippen LogP contribution is 2.25. The smallest absolute Gasteiger partial charge is 0.415 e. The number of unbranched alkanes of at least 4 members (excludes halogenated alkanes) is 6. The lowest BCUT2D eigenvalue weighted by Gasteiger charge is -2.34. The van der Waals surface area contributed by atoms with E-state index < -0.39 is 0 Å². The van der Waals surface area contributed by atoms with E-state index in [1.807, 2.05) is 47.4 Å². The number of hydrogen-bond donors (Lipinski definition) is 0. The summed E-state index contributed by atoms with van der Waals surface area (Å²) in [5.41, 5.74) is 0. The number of carbonyl (C=O) groups is 1. The maximum atomic E-state index is 12.7. The molecule has 198 valence electrons. The van der Waals surface area contributed by atoms with E-state index in [2.05, 4.69) is 18.7 Å². The van der Waals surface area contributed by atoms with Crippen LogP contribution >= 0.6 is 0 Å². The standard InChI is InChI=1S/C31H46N2O3/c1-3-5-7-12-22-32(23-13-8-6-4-2)26-27-20-24-33(25-21-27)31(34)36-30-18-16-29(17-19-30)35-28-14-10-9-11-15-28/h9-11,14-19,27H,3-8,12-13,20-26H2,1-2H3. The second-order valence-electron chi connectivity index (χ2n) is 10.1. The third-order valence-electron chi connectivity index (χ3n) is 7.05. The highest BCUT2D eigenvalue weighted by atomic mass is 16.6. The van der Waals surface area contributed by atoms with Gasteiger partial charge in [0.15, 0.2) is 0 Å². The van der Waals surface area contributed by atoms with Crippen LogP contribution in [0.2, 0.25) is 0 Å². The van der Waals surface area contributed by atoms with Crippen LogP contribution in [-0.2, 0) is 0 Å². The fraction of sp³-hybridized carbons (Fsp3) is 0.581. The molecular weight excluding hydrogens is 448 g/mol. The molecule has 1 saturated heterocycles. The van der Waals surface area contributed by atoms with Crippen LogP contribution in [0.1, 0.15) is 78.1 Å². The number of likely N-dealkylation sites (tertiary alicyclic amines) is 1. The molecule has 0 unspecified atom stereocenters. The fourth-order valence-corrected chi connectivity index (χ4v) is 4.85. The lowest BCUT2D eigenvalue weighted by atomic mass is 9.96. The number of ether oxygens (including phenoxy) is 2. The van der Waals surface area contributed by atoms with Crippen molar-refractivity contribution in [3.63, 3.8) is 0 Å². The van der Waals surface area contributed by atoms with Crippen LogP contribution in [0.25, 0.3) is 0 Å². The van der Waals surface area contributed by atoms with Crippen molar-refractivity contribution in [2.45, 2.75) is 78.1 Å². The van der Waals surface area contributed by atoms with Crippen molar-refractivity contribution in [2.75, 3.05) is 32.7 Å². The van der Waals surface area contributed by atoms with E-state index in [1.165, 1.54) is 71.0 Å². The Bertz CT molecular complexity index is 836. The molecule has 3 rings (SSSR count). The van der Waals surface area contributed by atoms with Gasteiger partial charge in [-0.25, -0.2) is 4.79 Å². The molecule has 0 aliphatic carbocycles. The number of piperidine rings is 1. The minimum Gasteiger partial charge on any atom is -0.457 e. The molecule has 1 aliphatic rings. The molecule has 0 radical (unpaired) electrons. The van der Waals surface area contributed by atoms with Crippen LogP contribution in [-0.4, -0.2) is 48.6 Å². The molecule has 1 fully saturated rings. The molecule has 0 aromatic heterocycles. The summed E-state index contributed by atoms with van der Waals surface area (Å²) in [6, 6.07) is 16.9. The molecule has 5 heteroatoms. The van der Waals surface area contributed by atoms with Crippen molar-refractivity contribution in [3.05, 3.63) is 54.6 Å². The van der Waals surface area contributed by atoms with Crippen LogP contribution in [0.5, 0.6) is 17.2 Å². The van der Waals surface area contributed by atoms with Gasteiger partial charge in [0.2, 0.25) is 0 Å². The molecule has 0 N–H and O–H groups in total. The van der Waals surface area contributed by atoms with Gasteiger partial charge in [0.05, 0.1) is 0 Å². The molecule has 1 amide bonds. The zero-order valence-corrected chi connectivity index (χ0v) is 22.5. The van der Waals surface area contributed by atoms with Crippen molar-refractivity contribution >= 4 is 6.09 Å². The highest BCUT2D eigenvalue weighted by molar-refractivity contribution is 5.70. The molecule has 0 saturated carbocycles. The number of amides is 1. The number of para-hydroxylation sites is 1. The number of nitrogens with zero attached hydrogens (tertiary/aromatic N) is 2. The van der Waals surface area contributed by atoms with Gasteiger partial charge < -0.3 is 19.3 Å². The van der Waals surface area contributed by atoms with Gasteiger partial charge in [-0.2, -0.15) is 0 Å². The van der Waals surface area contributed by atoms with Crippen LogP contribution in [0.15, 0.2) is 54.6 Å². The van der Waals surface area contributed by atoms with E-state index in [1.54, 1.807) is 12.1 Å². The van der Waals surface area contributed by atoms with E-state index in [-0.39, 0.29) is 6.09 Å². The first-order valence-electron chi connectivity index (χ1n) is 14.2. The Kier molecular flexibility index (Phi) is 12.7. The van der Waals surface area contributed by atoms with Crippen LogP contribution in [0, 0.1) is 5.92 Å². The van der Waals surface area contributed by atoms with E-state index in [0.29, 0.717) is 11.7 Å². The number of rotatable bonds is 15. The predicted molar refractivity (Wildman–Crippen MR) is 148 cm³/mol. The monoisotopic (exact) mass is 494 g/mol. The molecule has 2 aromatic rings. The Balaban J connectivity index is 1.40. The summed E-state index contributed by atoms with van der Waals surface area (Å²) in [6.45, 7) is 9.71. The minimum atomic E-state index is -0.249. The number of benzene rings is 2. The Hall–Kier alpha value is -2.53. The molecule has 0 atom stereocenters. The van der Waals surface area contributed by atoms with Gasteiger partial charge in [0.1, 0.15) is 17.2 Å². The summed E-state index contributed by atoms with van der Waals surface area (Å²) in [5.74, 6) is 2.72. The van der Waals surface area contributed by atoms with Crippen molar-refractivity contribution in [3.8, 4) is 17.2 Å². The average molecular weight is 495 g/mol. The quantitative estimate of drug-likeness (QED) is 0.234. The van der Waals surface area contributed by atoms with Gasteiger partial charge in [-0.05, 0) is 81.1 Å². The van der Waals surface area contributed by atoms with Crippen molar-refractivity contribution in [1.29, 1.82) is 0 Å². The van der Waals surface area contributed by atoms with Crippen molar-refractivity contribution in [1.82, 2.24) is 9.80 Å². The SMILES string of the molecule is CCCCCCN(CCCCCC)CC1CCN(C(=O)Oc2ccc(Oc3ccccc3)cc2)CC1.